The van der Waals surface area contributed by atoms with E-state index in [1.54, 1.807) is 61.6 Å². The molecule has 0 bridgehead atoms. The molecule has 0 aliphatic rings. The smallest absolute Gasteiger partial charge is 0.338 e. The van der Waals surface area contributed by atoms with Crippen LogP contribution in [0.15, 0.2) is 102 Å². The third-order valence-corrected chi connectivity index (χ3v) is 7.60. The van der Waals surface area contributed by atoms with Crippen molar-refractivity contribution in [1.82, 2.24) is 9.55 Å². The van der Waals surface area contributed by atoms with Crippen LogP contribution in [0, 0.1) is 11.6 Å². The van der Waals surface area contributed by atoms with Crippen LogP contribution >= 0.6 is 0 Å². The number of aryl methyl sites for hydroxylation is 1. The maximum Gasteiger partial charge on any atom is 0.338 e. The highest BCUT2D eigenvalue weighted by Crippen LogP contribution is 2.42. The monoisotopic (exact) mass is 564 g/mol. The van der Waals surface area contributed by atoms with E-state index in [0.717, 1.165) is 23.6 Å². The van der Waals surface area contributed by atoms with Crippen molar-refractivity contribution in [3.8, 4) is 5.75 Å². The minimum atomic E-state index is -1.21. The number of aromatic amines is 1. The largest absolute Gasteiger partial charge is 0.507 e. The van der Waals surface area contributed by atoms with Crippen LogP contribution < -0.4 is 5.56 Å². The van der Waals surface area contributed by atoms with Crippen molar-refractivity contribution in [1.29, 1.82) is 0 Å². The van der Waals surface area contributed by atoms with Crippen LogP contribution in [-0.4, -0.2) is 27.2 Å². The number of nitrogens with one attached hydrogen (secondary N) is 1. The third kappa shape index (κ3) is 4.71. The van der Waals surface area contributed by atoms with Crippen LogP contribution in [-0.2, 0) is 18.2 Å². The molecule has 6 aromatic rings. The zero-order valence-corrected chi connectivity index (χ0v) is 22.6. The summed E-state index contributed by atoms with van der Waals surface area (Å²) in [4.78, 5) is 29.8. The number of carbonyl (C=O) groups is 1. The van der Waals surface area contributed by atoms with E-state index >= 15 is 4.39 Å². The Morgan fingerprint density at radius 2 is 1.62 bits per heavy atom. The SMILES string of the molecule is Cn1c(=O)c(C(c2cc(F)ccc2F)c2[nH]c3ccccc3c2CCOC(=O)c2ccccc2)c(O)c2ccccc21. The number of carbonyl (C=O) groups excluding carboxylic acids is 1. The van der Waals surface area contributed by atoms with E-state index in [1.165, 1.54) is 4.57 Å². The van der Waals surface area contributed by atoms with Crippen LogP contribution in [0.4, 0.5) is 8.78 Å². The molecular weight excluding hydrogens is 538 g/mol. The van der Waals surface area contributed by atoms with Gasteiger partial charge in [0.15, 0.2) is 0 Å². The average molecular weight is 565 g/mol. The lowest BCUT2D eigenvalue weighted by atomic mass is 9.84. The van der Waals surface area contributed by atoms with Gasteiger partial charge in [0.2, 0.25) is 0 Å². The van der Waals surface area contributed by atoms with E-state index in [9.17, 15) is 19.1 Å². The average Bonchev–Trinajstić information content (AvgIpc) is 3.38. The van der Waals surface area contributed by atoms with Gasteiger partial charge in [0.1, 0.15) is 17.4 Å². The summed E-state index contributed by atoms with van der Waals surface area (Å²) < 4.78 is 37.2. The Labute approximate surface area is 239 Å². The number of pyridine rings is 1. The number of ether oxygens (including phenoxy) is 1. The number of aromatic nitrogens is 2. The molecule has 0 saturated heterocycles. The van der Waals surface area contributed by atoms with Crippen LogP contribution in [0.5, 0.6) is 5.75 Å². The number of aromatic hydroxyl groups is 1. The van der Waals surface area contributed by atoms with Gasteiger partial charge in [-0.2, -0.15) is 0 Å². The predicted molar refractivity (Wildman–Crippen MR) is 157 cm³/mol. The second kappa shape index (κ2) is 11.0. The summed E-state index contributed by atoms with van der Waals surface area (Å²) in [5.74, 6) is -3.46. The molecule has 0 aliphatic carbocycles. The molecule has 1 atom stereocenters. The van der Waals surface area contributed by atoms with Gasteiger partial charge >= 0.3 is 5.97 Å². The molecule has 0 spiro atoms. The molecule has 0 amide bonds. The number of para-hydroxylation sites is 2. The van der Waals surface area contributed by atoms with Crippen molar-refractivity contribution < 1.29 is 23.4 Å². The van der Waals surface area contributed by atoms with Crippen LogP contribution in [0.25, 0.3) is 21.8 Å². The standard InChI is InChI=1S/C34H26F2N2O4/c1-38-28-14-8-6-12-24(28)32(39)30(33(38)40)29(25-19-21(35)15-16-26(25)36)31-23(22-11-5-7-13-27(22)37-31)17-18-42-34(41)20-9-3-2-4-10-20/h2-16,19,29,37,39H,17-18H2,1H3. The molecule has 42 heavy (non-hydrogen) atoms. The summed E-state index contributed by atoms with van der Waals surface area (Å²) in [5, 5.41) is 12.7. The summed E-state index contributed by atoms with van der Waals surface area (Å²) in [6.07, 6.45) is 0.208. The molecule has 0 radical (unpaired) electrons. The number of rotatable bonds is 7. The minimum Gasteiger partial charge on any atom is -0.507 e. The highest BCUT2D eigenvalue weighted by Gasteiger charge is 2.32. The van der Waals surface area contributed by atoms with E-state index < -0.39 is 29.1 Å². The van der Waals surface area contributed by atoms with Crippen LogP contribution in [0.3, 0.4) is 0 Å². The lowest BCUT2D eigenvalue weighted by Gasteiger charge is -2.22. The van der Waals surface area contributed by atoms with Gasteiger partial charge in [-0.15, -0.1) is 0 Å². The molecule has 1 unspecified atom stereocenters. The number of benzene rings is 4. The van der Waals surface area contributed by atoms with Crippen LogP contribution in [0.1, 0.15) is 38.7 Å². The number of esters is 1. The zero-order chi connectivity index (χ0) is 29.4. The van der Waals surface area contributed by atoms with E-state index in [2.05, 4.69) is 4.98 Å². The molecule has 2 aromatic heterocycles. The first kappa shape index (κ1) is 27.0. The number of halogens is 2. The molecular formula is C34H26F2N2O4. The van der Waals surface area contributed by atoms with E-state index in [1.807, 2.05) is 24.3 Å². The molecule has 8 heteroatoms. The van der Waals surface area contributed by atoms with Gasteiger partial charge in [-0.3, -0.25) is 4.79 Å². The molecule has 0 fully saturated rings. The van der Waals surface area contributed by atoms with Crippen molar-refractivity contribution in [2.45, 2.75) is 12.3 Å². The summed E-state index contributed by atoms with van der Waals surface area (Å²) in [6.45, 7) is -0.0113. The van der Waals surface area contributed by atoms with Gasteiger partial charge in [-0.05, 0) is 54.1 Å². The van der Waals surface area contributed by atoms with Gasteiger partial charge in [0, 0.05) is 41.0 Å². The molecule has 6 rings (SSSR count). The zero-order valence-electron chi connectivity index (χ0n) is 22.6. The minimum absolute atomic E-state index is 0.0113. The molecule has 2 heterocycles. The van der Waals surface area contributed by atoms with Crippen molar-refractivity contribution in [2.24, 2.45) is 7.05 Å². The van der Waals surface area contributed by atoms with Gasteiger partial charge in [0.05, 0.1) is 29.2 Å². The quantitative estimate of drug-likeness (QED) is 0.215. The first-order valence-electron chi connectivity index (χ1n) is 13.4. The topological polar surface area (TPSA) is 84.3 Å². The molecule has 4 aromatic carbocycles. The maximum absolute atomic E-state index is 15.6. The summed E-state index contributed by atoms with van der Waals surface area (Å²) in [7, 11) is 1.57. The van der Waals surface area contributed by atoms with Gasteiger partial charge < -0.3 is 19.4 Å². The van der Waals surface area contributed by atoms with Gasteiger partial charge in [0.25, 0.3) is 5.56 Å². The van der Waals surface area contributed by atoms with E-state index in [-0.39, 0.29) is 29.9 Å². The Balaban J connectivity index is 1.55. The fourth-order valence-electron chi connectivity index (χ4n) is 5.59. The Morgan fingerprint density at radius 3 is 2.40 bits per heavy atom. The summed E-state index contributed by atoms with van der Waals surface area (Å²) in [5.41, 5.74) is 1.85. The third-order valence-electron chi connectivity index (χ3n) is 7.60. The molecule has 210 valence electrons. The number of hydrogen-bond donors (Lipinski definition) is 2. The molecule has 0 aliphatic heterocycles. The molecule has 2 N–H and O–H groups in total. The van der Waals surface area contributed by atoms with Crippen molar-refractivity contribution in [3.63, 3.8) is 0 Å². The fraction of sp³-hybridized carbons (Fsp3) is 0.118. The molecule has 0 saturated carbocycles. The second-order valence-electron chi connectivity index (χ2n) is 10.1. The molecule has 6 nitrogen and oxygen atoms in total. The van der Waals surface area contributed by atoms with E-state index in [4.69, 9.17) is 4.74 Å². The Kier molecular flexibility index (Phi) is 7.04. The Hall–Kier alpha value is -5.24. The van der Waals surface area contributed by atoms with E-state index in [0.29, 0.717) is 33.2 Å². The fourth-order valence-corrected chi connectivity index (χ4v) is 5.59. The van der Waals surface area contributed by atoms with Crippen molar-refractivity contribution >= 4 is 27.8 Å². The lowest BCUT2D eigenvalue weighted by molar-refractivity contribution is 0.0509. The Morgan fingerprint density at radius 1 is 0.929 bits per heavy atom. The normalized spacial score (nSPS) is 12.1. The summed E-state index contributed by atoms with van der Waals surface area (Å²) in [6, 6.07) is 25.8. The van der Waals surface area contributed by atoms with Gasteiger partial charge in [-0.1, -0.05) is 48.5 Å². The highest BCUT2D eigenvalue weighted by molar-refractivity contribution is 5.90. The first-order valence-corrected chi connectivity index (χ1v) is 13.4. The number of hydrogen-bond acceptors (Lipinski definition) is 4. The second-order valence-corrected chi connectivity index (χ2v) is 10.1. The van der Waals surface area contributed by atoms with Crippen LogP contribution in [0.2, 0.25) is 0 Å². The lowest BCUT2D eigenvalue weighted by Crippen LogP contribution is -2.26. The predicted octanol–water partition coefficient (Wildman–Crippen LogP) is 6.58. The number of nitrogens with zero attached hydrogens (tertiary/aromatic N) is 1. The Bertz CT molecular complexity index is 2010. The number of H-pyrrole nitrogens is 1. The highest BCUT2D eigenvalue weighted by atomic mass is 19.1. The van der Waals surface area contributed by atoms with Crippen molar-refractivity contribution in [3.05, 3.63) is 147 Å². The van der Waals surface area contributed by atoms with Crippen molar-refractivity contribution in [2.75, 3.05) is 6.61 Å². The van der Waals surface area contributed by atoms with Gasteiger partial charge in [-0.25, -0.2) is 13.6 Å². The first-order chi connectivity index (χ1) is 20.3. The maximum atomic E-state index is 15.6. The summed E-state index contributed by atoms with van der Waals surface area (Å²) >= 11 is 0. The number of fused-ring (bicyclic) bond motifs is 2.